The normalized spacial score (nSPS) is 10.9. The molecule has 1 N–H and O–H groups in total. The zero-order chi connectivity index (χ0) is 15.1. The van der Waals surface area contributed by atoms with Gasteiger partial charge in [-0.05, 0) is 17.7 Å². The molecule has 0 aliphatic heterocycles. The average molecular weight is 305 g/mol. The van der Waals surface area contributed by atoms with E-state index in [1.165, 1.54) is 12.1 Å². The summed E-state index contributed by atoms with van der Waals surface area (Å²) < 4.78 is 30.5. The lowest BCUT2D eigenvalue weighted by Crippen LogP contribution is -2.31. The molecule has 1 amide bonds. The van der Waals surface area contributed by atoms with Gasteiger partial charge in [-0.3, -0.25) is 0 Å². The van der Waals surface area contributed by atoms with Crippen LogP contribution in [0.4, 0.5) is 4.79 Å². The van der Waals surface area contributed by atoms with E-state index in [2.05, 4.69) is 0 Å². The molecule has 0 unspecified atom stereocenters. The number of hydrogen-bond acceptors (Lipinski definition) is 4. The molecule has 0 bridgehead atoms. The lowest BCUT2D eigenvalue weighted by atomic mass is 10.2. The zero-order valence-corrected chi connectivity index (χ0v) is 12.0. The Labute approximate surface area is 123 Å². The summed E-state index contributed by atoms with van der Waals surface area (Å²) in [6.07, 6.45) is -0.450. The highest BCUT2D eigenvalue weighted by Gasteiger charge is 2.17. The van der Waals surface area contributed by atoms with Crippen molar-refractivity contribution in [2.45, 2.75) is 11.3 Å². The molecule has 2 rings (SSSR count). The van der Waals surface area contributed by atoms with Gasteiger partial charge in [0.2, 0.25) is 0 Å². The van der Waals surface area contributed by atoms with E-state index in [9.17, 15) is 13.2 Å². The number of ether oxygens (including phenoxy) is 1. The van der Waals surface area contributed by atoms with Crippen LogP contribution in [0.2, 0.25) is 0 Å². The molecule has 0 saturated heterocycles. The number of sulfonamides is 1. The Morgan fingerprint density at radius 2 is 1.52 bits per heavy atom. The summed E-state index contributed by atoms with van der Waals surface area (Å²) in [5.41, 5.74) is 1.01. The SMILES string of the molecule is O=C(NS(=O)(=O)c1ccccc1)OCCc1ccccc1. The molecule has 2 aromatic carbocycles. The van der Waals surface area contributed by atoms with Crippen LogP contribution < -0.4 is 4.72 Å². The van der Waals surface area contributed by atoms with E-state index < -0.39 is 16.1 Å². The van der Waals surface area contributed by atoms with Gasteiger partial charge >= 0.3 is 6.09 Å². The number of hydrogen-bond donors (Lipinski definition) is 1. The molecular weight excluding hydrogens is 290 g/mol. The van der Waals surface area contributed by atoms with Crippen molar-refractivity contribution in [3.05, 3.63) is 66.2 Å². The highest BCUT2D eigenvalue weighted by Crippen LogP contribution is 2.07. The van der Waals surface area contributed by atoms with Gasteiger partial charge in [0, 0.05) is 6.42 Å². The van der Waals surface area contributed by atoms with Crippen LogP contribution in [0.1, 0.15) is 5.56 Å². The largest absolute Gasteiger partial charge is 0.448 e. The van der Waals surface area contributed by atoms with Crippen molar-refractivity contribution >= 4 is 16.1 Å². The second-order valence-electron chi connectivity index (χ2n) is 4.29. The third kappa shape index (κ3) is 4.61. The molecule has 0 spiro atoms. The third-order valence-electron chi connectivity index (χ3n) is 2.74. The van der Waals surface area contributed by atoms with Crippen LogP contribution in [-0.2, 0) is 21.2 Å². The number of amides is 1. The molecule has 2 aromatic rings. The lowest BCUT2D eigenvalue weighted by Gasteiger charge is -2.08. The summed E-state index contributed by atoms with van der Waals surface area (Å²) in [6, 6.07) is 17.1. The van der Waals surface area contributed by atoms with Crippen LogP contribution in [0.5, 0.6) is 0 Å². The van der Waals surface area contributed by atoms with Gasteiger partial charge in [0.25, 0.3) is 10.0 Å². The van der Waals surface area contributed by atoms with Gasteiger partial charge < -0.3 is 4.74 Å². The summed E-state index contributed by atoms with van der Waals surface area (Å²) in [4.78, 5) is 11.5. The number of nitrogens with one attached hydrogen (secondary N) is 1. The standard InChI is InChI=1S/C15H15NO4S/c17-15(20-12-11-13-7-3-1-4-8-13)16-21(18,19)14-9-5-2-6-10-14/h1-10H,11-12H2,(H,16,17). The van der Waals surface area contributed by atoms with Crippen molar-refractivity contribution in [3.63, 3.8) is 0 Å². The Morgan fingerprint density at radius 3 is 2.14 bits per heavy atom. The molecular formula is C15H15NO4S. The van der Waals surface area contributed by atoms with Gasteiger partial charge in [-0.2, -0.15) is 0 Å². The quantitative estimate of drug-likeness (QED) is 0.920. The van der Waals surface area contributed by atoms with E-state index in [1.54, 1.807) is 18.2 Å². The van der Waals surface area contributed by atoms with Crippen molar-refractivity contribution in [1.82, 2.24) is 4.72 Å². The van der Waals surface area contributed by atoms with Crippen LogP contribution >= 0.6 is 0 Å². The minimum absolute atomic E-state index is 0.0185. The maximum absolute atomic E-state index is 11.9. The van der Waals surface area contributed by atoms with E-state index in [4.69, 9.17) is 4.74 Å². The first-order valence-corrected chi connectivity index (χ1v) is 7.85. The second-order valence-corrected chi connectivity index (χ2v) is 5.97. The fraction of sp³-hybridized carbons (Fsp3) is 0.133. The minimum atomic E-state index is -3.88. The molecule has 21 heavy (non-hydrogen) atoms. The summed E-state index contributed by atoms with van der Waals surface area (Å²) >= 11 is 0. The molecule has 0 radical (unpaired) electrons. The van der Waals surface area contributed by atoms with Gasteiger partial charge in [0.15, 0.2) is 0 Å². The van der Waals surface area contributed by atoms with E-state index in [0.717, 1.165) is 5.56 Å². The maximum atomic E-state index is 11.9. The average Bonchev–Trinajstić information content (AvgIpc) is 2.49. The molecule has 0 saturated carbocycles. The molecule has 110 valence electrons. The van der Waals surface area contributed by atoms with E-state index in [0.29, 0.717) is 6.42 Å². The fourth-order valence-corrected chi connectivity index (χ4v) is 2.62. The molecule has 0 atom stereocenters. The maximum Gasteiger partial charge on any atom is 0.421 e. The Balaban J connectivity index is 1.85. The lowest BCUT2D eigenvalue weighted by molar-refractivity contribution is 0.154. The van der Waals surface area contributed by atoms with Crippen molar-refractivity contribution in [2.75, 3.05) is 6.61 Å². The number of benzene rings is 2. The van der Waals surface area contributed by atoms with Gasteiger partial charge in [-0.15, -0.1) is 0 Å². The first-order valence-electron chi connectivity index (χ1n) is 6.36. The van der Waals surface area contributed by atoms with Crippen LogP contribution in [0.3, 0.4) is 0 Å². The predicted octanol–water partition coefficient (Wildman–Crippen LogP) is 2.34. The summed E-state index contributed by atoms with van der Waals surface area (Å²) in [6.45, 7) is 0.111. The van der Waals surface area contributed by atoms with Gasteiger partial charge in [0.05, 0.1) is 11.5 Å². The Hall–Kier alpha value is -2.34. The number of carbonyl (C=O) groups is 1. The van der Waals surface area contributed by atoms with E-state index in [-0.39, 0.29) is 11.5 Å². The van der Waals surface area contributed by atoms with Crippen LogP contribution in [0, 0.1) is 0 Å². The van der Waals surface area contributed by atoms with Gasteiger partial charge in [0.1, 0.15) is 0 Å². The molecule has 6 heteroatoms. The third-order valence-corrected chi connectivity index (χ3v) is 4.07. The van der Waals surface area contributed by atoms with Crippen LogP contribution in [-0.4, -0.2) is 21.1 Å². The molecule has 0 aromatic heterocycles. The van der Waals surface area contributed by atoms with Crippen molar-refractivity contribution in [2.24, 2.45) is 0 Å². The molecule has 5 nitrogen and oxygen atoms in total. The fourth-order valence-electron chi connectivity index (χ4n) is 1.70. The first kappa shape index (κ1) is 15.1. The van der Waals surface area contributed by atoms with Crippen molar-refractivity contribution < 1.29 is 17.9 Å². The molecule has 0 aliphatic rings. The van der Waals surface area contributed by atoms with Gasteiger partial charge in [-0.25, -0.2) is 17.9 Å². The highest BCUT2D eigenvalue weighted by atomic mass is 32.2. The minimum Gasteiger partial charge on any atom is -0.448 e. The predicted molar refractivity (Wildman–Crippen MR) is 78.3 cm³/mol. The summed E-state index contributed by atoms with van der Waals surface area (Å²) in [5.74, 6) is 0. The Bertz CT molecular complexity index is 684. The molecule has 0 heterocycles. The topological polar surface area (TPSA) is 72.5 Å². The zero-order valence-electron chi connectivity index (χ0n) is 11.2. The van der Waals surface area contributed by atoms with E-state index in [1.807, 2.05) is 35.1 Å². The van der Waals surface area contributed by atoms with Gasteiger partial charge in [-0.1, -0.05) is 48.5 Å². The van der Waals surface area contributed by atoms with Crippen molar-refractivity contribution in [1.29, 1.82) is 0 Å². The molecule has 0 fully saturated rings. The second kappa shape index (κ2) is 6.90. The highest BCUT2D eigenvalue weighted by molar-refractivity contribution is 7.90. The summed E-state index contributed by atoms with van der Waals surface area (Å²) in [5, 5.41) is 0. The van der Waals surface area contributed by atoms with E-state index >= 15 is 0 Å². The number of rotatable bonds is 5. The Morgan fingerprint density at radius 1 is 0.952 bits per heavy atom. The smallest absolute Gasteiger partial charge is 0.421 e. The summed E-state index contributed by atoms with van der Waals surface area (Å²) in [7, 11) is -3.88. The molecule has 0 aliphatic carbocycles. The van der Waals surface area contributed by atoms with Crippen LogP contribution in [0.15, 0.2) is 65.6 Å². The number of carbonyl (C=O) groups excluding carboxylic acids is 1. The van der Waals surface area contributed by atoms with Crippen molar-refractivity contribution in [3.8, 4) is 0 Å². The van der Waals surface area contributed by atoms with Crippen LogP contribution in [0.25, 0.3) is 0 Å². The Kier molecular flexibility index (Phi) is 4.94. The first-order chi connectivity index (χ1) is 10.1. The monoisotopic (exact) mass is 305 g/mol.